The first-order valence-electron chi connectivity index (χ1n) is 7.76. The molecule has 1 unspecified atom stereocenters. The van der Waals surface area contributed by atoms with Crippen LogP contribution >= 0.6 is 0 Å². The SMILES string of the molecule is CCCCNc1ccc(C(=O)C(C)N(CC)CC)cc1. The number of benzene rings is 1. The molecule has 0 amide bonds. The third-order valence-electron chi connectivity index (χ3n) is 3.77. The molecule has 1 atom stereocenters. The minimum absolute atomic E-state index is 0.0519. The average Bonchev–Trinajstić information content (AvgIpc) is 2.48. The van der Waals surface area contributed by atoms with Gasteiger partial charge in [0, 0.05) is 17.8 Å². The van der Waals surface area contributed by atoms with E-state index in [-0.39, 0.29) is 11.8 Å². The largest absolute Gasteiger partial charge is 0.385 e. The Bertz CT molecular complexity index is 396. The number of likely N-dealkylation sites (N-methyl/N-ethyl adjacent to an activating group) is 1. The number of unbranched alkanes of at least 4 members (excludes halogenated alkanes) is 1. The van der Waals surface area contributed by atoms with Gasteiger partial charge in [-0.3, -0.25) is 9.69 Å². The zero-order chi connectivity index (χ0) is 15.0. The summed E-state index contributed by atoms with van der Waals surface area (Å²) in [6.45, 7) is 11.1. The Hall–Kier alpha value is -1.35. The number of ketones is 1. The summed E-state index contributed by atoms with van der Waals surface area (Å²) in [6.07, 6.45) is 2.35. The molecule has 0 saturated heterocycles. The summed E-state index contributed by atoms with van der Waals surface area (Å²) in [5.74, 6) is 0.203. The van der Waals surface area contributed by atoms with E-state index in [1.54, 1.807) is 0 Å². The quantitative estimate of drug-likeness (QED) is 0.550. The molecule has 1 aromatic carbocycles. The summed E-state index contributed by atoms with van der Waals surface area (Å²) >= 11 is 0. The smallest absolute Gasteiger partial charge is 0.179 e. The molecule has 3 nitrogen and oxygen atoms in total. The number of anilines is 1. The number of carbonyl (C=O) groups is 1. The van der Waals surface area contributed by atoms with E-state index in [1.807, 2.05) is 31.2 Å². The van der Waals surface area contributed by atoms with Crippen molar-refractivity contribution < 1.29 is 4.79 Å². The molecule has 0 aromatic heterocycles. The zero-order valence-corrected chi connectivity index (χ0v) is 13.3. The summed E-state index contributed by atoms with van der Waals surface area (Å²) in [5.41, 5.74) is 1.89. The van der Waals surface area contributed by atoms with Crippen molar-refractivity contribution in [2.45, 2.75) is 46.6 Å². The van der Waals surface area contributed by atoms with Gasteiger partial charge in [-0.2, -0.15) is 0 Å². The van der Waals surface area contributed by atoms with Crippen LogP contribution in [-0.4, -0.2) is 36.4 Å². The van der Waals surface area contributed by atoms with Crippen molar-refractivity contribution in [1.82, 2.24) is 4.90 Å². The predicted octanol–water partition coefficient (Wildman–Crippen LogP) is 3.81. The maximum absolute atomic E-state index is 12.4. The van der Waals surface area contributed by atoms with Crippen molar-refractivity contribution in [1.29, 1.82) is 0 Å². The second kappa shape index (κ2) is 8.75. The lowest BCUT2D eigenvalue weighted by Crippen LogP contribution is -2.38. The Morgan fingerprint density at radius 1 is 1.15 bits per heavy atom. The van der Waals surface area contributed by atoms with Crippen LogP contribution in [0, 0.1) is 0 Å². The second-order valence-electron chi connectivity index (χ2n) is 5.12. The van der Waals surface area contributed by atoms with Crippen LogP contribution in [0.1, 0.15) is 50.9 Å². The maximum Gasteiger partial charge on any atom is 0.179 e. The van der Waals surface area contributed by atoms with Crippen LogP contribution in [0.3, 0.4) is 0 Å². The number of carbonyl (C=O) groups excluding carboxylic acids is 1. The van der Waals surface area contributed by atoms with Gasteiger partial charge in [-0.1, -0.05) is 27.2 Å². The minimum atomic E-state index is -0.0519. The molecule has 0 spiro atoms. The highest BCUT2D eigenvalue weighted by Gasteiger charge is 2.19. The molecule has 1 rings (SSSR count). The highest BCUT2D eigenvalue weighted by Crippen LogP contribution is 2.13. The maximum atomic E-state index is 12.4. The fourth-order valence-electron chi connectivity index (χ4n) is 2.34. The number of Topliss-reactive ketones (excluding diaryl/α,β-unsaturated/α-hetero) is 1. The van der Waals surface area contributed by atoms with Crippen LogP contribution in [0.25, 0.3) is 0 Å². The van der Waals surface area contributed by atoms with Gasteiger partial charge in [0.25, 0.3) is 0 Å². The number of nitrogens with one attached hydrogen (secondary N) is 1. The van der Waals surface area contributed by atoms with Gasteiger partial charge in [0.05, 0.1) is 6.04 Å². The first-order valence-corrected chi connectivity index (χ1v) is 7.76. The Kier molecular flexibility index (Phi) is 7.31. The second-order valence-corrected chi connectivity index (χ2v) is 5.12. The third-order valence-corrected chi connectivity index (χ3v) is 3.77. The number of rotatable bonds is 9. The van der Waals surface area contributed by atoms with Crippen molar-refractivity contribution >= 4 is 11.5 Å². The van der Waals surface area contributed by atoms with Crippen LogP contribution in [0.5, 0.6) is 0 Å². The molecule has 1 N–H and O–H groups in total. The standard InChI is InChI=1S/C17H28N2O/c1-5-8-13-18-16-11-9-15(10-12-16)17(20)14(4)19(6-2)7-3/h9-12,14,18H,5-8,13H2,1-4H3. The summed E-state index contributed by atoms with van der Waals surface area (Å²) in [5, 5.41) is 3.36. The lowest BCUT2D eigenvalue weighted by atomic mass is 10.0. The topological polar surface area (TPSA) is 32.3 Å². The van der Waals surface area contributed by atoms with Gasteiger partial charge < -0.3 is 5.32 Å². The van der Waals surface area contributed by atoms with E-state index in [9.17, 15) is 4.79 Å². The van der Waals surface area contributed by atoms with E-state index < -0.39 is 0 Å². The van der Waals surface area contributed by atoms with Crippen LogP contribution in [0.2, 0.25) is 0 Å². The van der Waals surface area contributed by atoms with Gasteiger partial charge in [0.1, 0.15) is 0 Å². The summed E-state index contributed by atoms with van der Waals surface area (Å²) in [6, 6.07) is 7.80. The van der Waals surface area contributed by atoms with E-state index in [0.717, 1.165) is 30.9 Å². The lowest BCUT2D eigenvalue weighted by molar-refractivity contribution is 0.0851. The number of hydrogen-bond acceptors (Lipinski definition) is 3. The van der Waals surface area contributed by atoms with Crippen molar-refractivity contribution in [3.05, 3.63) is 29.8 Å². The first kappa shape index (κ1) is 16.7. The molecular weight excluding hydrogens is 248 g/mol. The molecule has 0 bridgehead atoms. The molecule has 0 aliphatic carbocycles. The van der Waals surface area contributed by atoms with Crippen LogP contribution in [0.4, 0.5) is 5.69 Å². The number of hydrogen-bond donors (Lipinski definition) is 1. The van der Waals surface area contributed by atoms with Gasteiger partial charge in [0.2, 0.25) is 0 Å². The van der Waals surface area contributed by atoms with Gasteiger partial charge >= 0.3 is 0 Å². The average molecular weight is 276 g/mol. The highest BCUT2D eigenvalue weighted by atomic mass is 16.1. The van der Waals surface area contributed by atoms with E-state index >= 15 is 0 Å². The molecule has 20 heavy (non-hydrogen) atoms. The normalized spacial score (nSPS) is 12.4. The van der Waals surface area contributed by atoms with E-state index in [0.29, 0.717) is 0 Å². The van der Waals surface area contributed by atoms with Crippen molar-refractivity contribution in [2.24, 2.45) is 0 Å². The Balaban J connectivity index is 2.65. The van der Waals surface area contributed by atoms with Crippen molar-refractivity contribution in [3.8, 4) is 0 Å². The third kappa shape index (κ3) is 4.64. The Morgan fingerprint density at radius 2 is 1.75 bits per heavy atom. The van der Waals surface area contributed by atoms with Gasteiger partial charge in [-0.25, -0.2) is 0 Å². The molecule has 0 aliphatic heterocycles. The van der Waals surface area contributed by atoms with Crippen LogP contribution in [0.15, 0.2) is 24.3 Å². The van der Waals surface area contributed by atoms with E-state index in [4.69, 9.17) is 0 Å². The Morgan fingerprint density at radius 3 is 2.25 bits per heavy atom. The summed E-state index contributed by atoms with van der Waals surface area (Å²) < 4.78 is 0. The van der Waals surface area contributed by atoms with E-state index in [2.05, 4.69) is 31.0 Å². The highest BCUT2D eigenvalue weighted by molar-refractivity contribution is 6.00. The molecule has 0 radical (unpaired) electrons. The molecule has 0 saturated carbocycles. The number of nitrogens with zero attached hydrogens (tertiary/aromatic N) is 1. The van der Waals surface area contributed by atoms with E-state index in [1.165, 1.54) is 12.8 Å². The molecule has 3 heteroatoms. The predicted molar refractivity (Wildman–Crippen MR) is 86.6 cm³/mol. The van der Waals surface area contributed by atoms with Crippen molar-refractivity contribution in [2.75, 3.05) is 25.0 Å². The molecule has 0 heterocycles. The summed E-state index contributed by atoms with van der Waals surface area (Å²) in [7, 11) is 0. The molecule has 112 valence electrons. The summed E-state index contributed by atoms with van der Waals surface area (Å²) in [4.78, 5) is 14.6. The Labute approximate surface area is 123 Å². The van der Waals surface area contributed by atoms with Crippen LogP contribution in [-0.2, 0) is 0 Å². The fraction of sp³-hybridized carbons (Fsp3) is 0.588. The molecule has 0 aliphatic rings. The first-order chi connectivity index (χ1) is 9.63. The van der Waals surface area contributed by atoms with Gasteiger partial charge in [-0.05, 0) is 50.7 Å². The van der Waals surface area contributed by atoms with Gasteiger partial charge in [0.15, 0.2) is 5.78 Å². The minimum Gasteiger partial charge on any atom is -0.385 e. The van der Waals surface area contributed by atoms with Crippen LogP contribution < -0.4 is 5.32 Å². The fourth-order valence-corrected chi connectivity index (χ4v) is 2.34. The van der Waals surface area contributed by atoms with Crippen molar-refractivity contribution in [3.63, 3.8) is 0 Å². The van der Waals surface area contributed by atoms with Gasteiger partial charge in [-0.15, -0.1) is 0 Å². The lowest BCUT2D eigenvalue weighted by Gasteiger charge is -2.25. The molecule has 0 fully saturated rings. The molecular formula is C17H28N2O. The zero-order valence-electron chi connectivity index (χ0n) is 13.3. The monoisotopic (exact) mass is 276 g/mol. The molecule has 1 aromatic rings.